The molecule has 1 aliphatic carbocycles. The van der Waals surface area contributed by atoms with Gasteiger partial charge in [-0.2, -0.15) is 0 Å². The van der Waals surface area contributed by atoms with Crippen molar-refractivity contribution in [3.05, 3.63) is 29.8 Å². The van der Waals surface area contributed by atoms with Crippen molar-refractivity contribution in [3.63, 3.8) is 0 Å². The molecule has 2 rings (SSSR count). The molecule has 2 nitrogen and oxygen atoms in total. The van der Waals surface area contributed by atoms with Crippen LogP contribution in [0.2, 0.25) is 0 Å². The van der Waals surface area contributed by atoms with Gasteiger partial charge in [0, 0.05) is 17.9 Å². The van der Waals surface area contributed by atoms with E-state index in [0.717, 1.165) is 25.0 Å². The molecular weight excluding hydrogens is 246 g/mol. The first kappa shape index (κ1) is 15.4. The van der Waals surface area contributed by atoms with Gasteiger partial charge in [0.2, 0.25) is 0 Å². The van der Waals surface area contributed by atoms with Crippen molar-refractivity contribution in [2.24, 2.45) is 5.41 Å². The van der Waals surface area contributed by atoms with E-state index < -0.39 is 0 Å². The lowest BCUT2D eigenvalue weighted by atomic mass is 9.61. The van der Waals surface area contributed by atoms with Crippen molar-refractivity contribution in [1.29, 1.82) is 0 Å². The van der Waals surface area contributed by atoms with Gasteiger partial charge >= 0.3 is 0 Å². The van der Waals surface area contributed by atoms with E-state index in [9.17, 15) is 0 Å². The van der Waals surface area contributed by atoms with Crippen molar-refractivity contribution in [2.75, 3.05) is 7.05 Å². The predicted octanol–water partition coefficient (Wildman–Crippen LogP) is 4.36. The van der Waals surface area contributed by atoms with Gasteiger partial charge in [-0.15, -0.1) is 0 Å². The van der Waals surface area contributed by atoms with Crippen molar-refractivity contribution in [3.8, 4) is 5.75 Å². The van der Waals surface area contributed by atoms with Gasteiger partial charge in [-0.3, -0.25) is 0 Å². The van der Waals surface area contributed by atoms with E-state index in [1.165, 1.54) is 5.56 Å². The summed E-state index contributed by atoms with van der Waals surface area (Å²) in [5, 5.41) is 3.43. The molecule has 0 spiro atoms. The van der Waals surface area contributed by atoms with Crippen LogP contribution >= 0.6 is 0 Å². The van der Waals surface area contributed by atoms with Gasteiger partial charge in [0.05, 0.1) is 0 Å². The molecule has 1 fully saturated rings. The highest BCUT2D eigenvalue weighted by molar-refractivity contribution is 5.36. The smallest absolute Gasteiger partial charge is 0.123 e. The molecule has 112 valence electrons. The Morgan fingerprint density at radius 1 is 1.35 bits per heavy atom. The van der Waals surface area contributed by atoms with Gasteiger partial charge in [-0.25, -0.2) is 0 Å². The second kappa shape index (κ2) is 6.17. The monoisotopic (exact) mass is 275 g/mol. The van der Waals surface area contributed by atoms with Crippen molar-refractivity contribution >= 4 is 0 Å². The predicted molar refractivity (Wildman–Crippen MR) is 85.4 cm³/mol. The second-order valence-electron chi connectivity index (χ2n) is 6.39. The van der Waals surface area contributed by atoms with Gasteiger partial charge in [-0.1, -0.05) is 45.9 Å². The molecule has 1 aliphatic rings. The van der Waals surface area contributed by atoms with Crippen LogP contribution in [0.5, 0.6) is 5.75 Å². The minimum Gasteiger partial charge on any atom is -0.489 e. The summed E-state index contributed by atoms with van der Waals surface area (Å²) in [4.78, 5) is 0. The fraction of sp³-hybridized carbons (Fsp3) is 0.667. The largest absolute Gasteiger partial charge is 0.489 e. The molecule has 1 aromatic carbocycles. The molecule has 0 amide bonds. The summed E-state index contributed by atoms with van der Waals surface area (Å²) in [6.07, 6.45) is 3.73. The molecule has 4 unspecified atom stereocenters. The zero-order chi connectivity index (χ0) is 14.8. The summed E-state index contributed by atoms with van der Waals surface area (Å²) in [5.41, 5.74) is 1.60. The fourth-order valence-electron chi connectivity index (χ4n) is 3.29. The molecule has 1 N–H and O–H groups in total. The van der Waals surface area contributed by atoms with E-state index in [0.29, 0.717) is 18.1 Å². The first-order valence-electron chi connectivity index (χ1n) is 7.99. The third-order valence-electron chi connectivity index (χ3n) is 5.42. The highest BCUT2D eigenvalue weighted by Gasteiger charge is 2.51. The van der Waals surface area contributed by atoms with Gasteiger partial charge in [0.25, 0.3) is 0 Å². The maximum absolute atomic E-state index is 6.40. The van der Waals surface area contributed by atoms with E-state index in [1.54, 1.807) is 0 Å². The van der Waals surface area contributed by atoms with Crippen LogP contribution in [-0.4, -0.2) is 19.2 Å². The number of benzene rings is 1. The average molecular weight is 275 g/mol. The highest BCUT2D eigenvalue weighted by atomic mass is 16.5. The molecule has 4 atom stereocenters. The third kappa shape index (κ3) is 2.58. The minimum atomic E-state index is 0.247. The quantitative estimate of drug-likeness (QED) is 0.833. The molecule has 0 radical (unpaired) electrons. The first-order chi connectivity index (χ1) is 9.56. The van der Waals surface area contributed by atoms with Crippen molar-refractivity contribution in [2.45, 2.75) is 65.0 Å². The molecule has 0 aromatic heterocycles. The van der Waals surface area contributed by atoms with Gasteiger partial charge in [-0.05, 0) is 37.4 Å². The lowest BCUT2D eigenvalue weighted by Crippen LogP contribution is -2.62. The Kier molecular flexibility index (Phi) is 4.74. The zero-order valence-electron chi connectivity index (χ0n) is 13.6. The first-order valence-corrected chi connectivity index (χ1v) is 7.99. The van der Waals surface area contributed by atoms with Crippen LogP contribution in [0.3, 0.4) is 0 Å². The average Bonchev–Trinajstić information content (AvgIpc) is 2.49. The van der Waals surface area contributed by atoms with Crippen LogP contribution in [0.25, 0.3) is 0 Å². The van der Waals surface area contributed by atoms with Crippen LogP contribution in [0.1, 0.15) is 58.4 Å². The number of hydrogen-bond acceptors (Lipinski definition) is 2. The Morgan fingerprint density at radius 2 is 2.05 bits per heavy atom. The molecule has 20 heavy (non-hydrogen) atoms. The van der Waals surface area contributed by atoms with Crippen molar-refractivity contribution < 1.29 is 4.74 Å². The van der Waals surface area contributed by atoms with Gasteiger partial charge in [0.1, 0.15) is 11.9 Å². The second-order valence-corrected chi connectivity index (χ2v) is 6.39. The lowest BCUT2D eigenvalue weighted by Gasteiger charge is -2.53. The van der Waals surface area contributed by atoms with Crippen LogP contribution in [-0.2, 0) is 0 Å². The maximum Gasteiger partial charge on any atom is 0.123 e. The Labute approximate surface area is 123 Å². The Morgan fingerprint density at radius 3 is 2.65 bits per heavy atom. The highest BCUT2D eigenvalue weighted by Crippen LogP contribution is 2.46. The molecule has 0 saturated heterocycles. The molecule has 1 saturated carbocycles. The van der Waals surface area contributed by atoms with Crippen LogP contribution in [0, 0.1) is 5.41 Å². The summed E-state index contributed by atoms with van der Waals surface area (Å²) in [5.74, 6) is 1.64. The summed E-state index contributed by atoms with van der Waals surface area (Å²) < 4.78 is 6.40. The molecule has 0 heterocycles. The fourth-order valence-corrected chi connectivity index (χ4v) is 3.29. The van der Waals surface area contributed by atoms with Gasteiger partial charge in [0.15, 0.2) is 0 Å². The number of nitrogens with one attached hydrogen (secondary N) is 1. The summed E-state index contributed by atoms with van der Waals surface area (Å²) in [6, 6.07) is 9.11. The molecular formula is C18H29NO. The Bertz CT molecular complexity index is 445. The van der Waals surface area contributed by atoms with E-state index >= 15 is 0 Å². The molecule has 2 heteroatoms. The van der Waals surface area contributed by atoms with Crippen LogP contribution in [0.15, 0.2) is 24.3 Å². The van der Waals surface area contributed by atoms with Crippen LogP contribution in [0.4, 0.5) is 0 Å². The molecule has 0 aliphatic heterocycles. The Balaban J connectivity index is 2.15. The van der Waals surface area contributed by atoms with E-state index in [4.69, 9.17) is 4.74 Å². The SMILES string of the molecule is CCC(C)c1ccccc1OC1CC(NC)C1(C)CC. The van der Waals surface area contributed by atoms with Crippen LogP contribution < -0.4 is 10.1 Å². The number of ether oxygens (including phenoxy) is 1. The van der Waals surface area contributed by atoms with Crippen molar-refractivity contribution in [1.82, 2.24) is 5.32 Å². The van der Waals surface area contributed by atoms with E-state index in [1.807, 2.05) is 0 Å². The van der Waals surface area contributed by atoms with E-state index in [-0.39, 0.29) is 5.41 Å². The topological polar surface area (TPSA) is 21.3 Å². The summed E-state index contributed by atoms with van der Waals surface area (Å²) in [6.45, 7) is 9.12. The standard InChI is InChI=1S/C18H29NO/c1-6-13(3)14-10-8-9-11-15(14)20-17-12-16(19-5)18(17,4)7-2/h8-11,13,16-17,19H,6-7,12H2,1-5H3. The maximum atomic E-state index is 6.40. The lowest BCUT2D eigenvalue weighted by molar-refractivity contribution is -0.0682. The summed E-state index contributed by atoms with van der Waals surface area (Å²) >= 11 is 0. The third-order valence-corrected chi connectivity index (χ3v) is 5.42. The van der Waals surface area contributed by atoms with E-state index in [2.05, 4.69) is 64.3 Å². The zero-order valence-corrected chi connectivity index (χ0v) is 13.6. The minimum absolute atomic E-state index is 0.247. The number of hydrogen-bond donors (Lipinski definition) is 1. The molecule has 1 aromatic rings. The normalized spacial score (nSPS) is 30.6. The Hall–Kier alpha value is -1.02. The summed E-state index contributed by atoms with van der Waals surface area (Å²) in [7, 11) is 2.06. The number of rotatable bonds is 6. The molecule has 0 bridgehead atoms. The van der Waals surface area contributed by atoms with Gasteiger partial charge < -0.3 is 10.1 Å². The number of para-hydroxylation sites is 1.